The minimum atomic E-state index is -4.10. The monoisotopic (exact) mass is 617 g/mol. The van der Waals surface area contributed by atoms with Gasteiger partial charge in [0.15, 0.2) is 12.3 Å². The number of halogens is 2. The molecule has 1 aliphatic heterocycles. The Kier molecular flexibility index (Phi) is 10.2. The molecule has 39 heavy (non-hydrogen) atoms. The maximum Gasteiger partial charge on any atom is 0.374 e. The molecule has 0 saturated carbocycles. The third-order valence-corrected chi connectivity index (χ3v) is 7.77. The molecule has 3 aromatic rings. The predicted molar refractivity (Wildman–Crippen MR) is 150 cm³/mol. The van der Waals surface area contributed by atoms with Crippen molar-refractivity contribution >= 4 is 68.2 Å². The number of benzene rings is 2. The van der Waals surface area contributed by atoms with E-state index in [9.17, 15) is 13.0 Å². The Bertz CT molecular complexity index is 1490. The van der Waals surface area contributed by atoms with Gasteiger partial charge in [-0.05, 0) is 48.7 Å². The second-order valence-electron chi connectivity index (χ2n) is 8.58. The van der Waals surface area contributed by atoms with Crippen LogP contribution in [0.3, 0.4) is 0 Å². The second-order valence-corrected chi connectivity index (χ2v) is 11.8. The van der Waals surface area contributed by atoms with Crippen molar-refractivity contribution in [3.8, 4) is 5.75 Å². The third-order valence-electron chi connectivity index (χ3n) is 5.88. The summed E-state index contributed by atoms with van der Waals surface area (Å²) in [5.74, 6) is 1.87. The van der Waals surface area contributed by atoms with E-state index in [-0.39, 0.29) is 18.7 Å². The summed E-state index contributed by atoms with van der Waals surface area (Å²) >= 11 is 13.5. The molecule has 0 unspecified atom stereocenters. The summed E-state index contributed by atoms with van der Waals surface area (Å²) in [5.41, 5.74) is 3.09. The molecule has 0 radical (unpaired) electrons. The first-order chi connectivity index (χ1) is 18.7. The first-order valence-corrected chi connectivity index (χ1v) is 15.3. The molecule has 14 heteroatoms. The van der Waals surface area contributed by atoms with Gasteiger partial charge in [0, 0.05) is 52.9 Å². The van der Waals surface area contributed by atoms with Crippen LogP contribution in [0.4, 0.5) is 5.69 Å². The fourth-order valence-electron chi connectivity index (χ4n) is 4.13. The third kappa shape index (κ3) is 7.89. The van der Waals surface area contributed by atoms with Gasteiger partial charge in [0.2, 0.25) is 11.5 Å². The van der Waals surface area contributed by atoms with Crippen molar-refractivity contribution in [1.29, 1.82) is 0 Å². The van der Waals surface area contributed by atoms with Gasteiger partial charge in [-0.3, -0.25) is 4.55 Å². The molecule has 210 valence electrons. The van der Waals surface area contributed by atoms with Gasteiger partial charge >= 0.3 is 5.89 Å². The number of ether oxygens (including phenoxy) is 1. The molecule has 10 nitrogen and oxygen atoms in total. The summed E-state index contributed by atoms with van der Waals surface area (Å²) in [5, 5.41) is 13.1. The van der Waals surface area contributed by atoms with Crippen molar-refractivity contribution in [2.45, 2.75) is 32.7 Å². The fraction of sp³-hybridized carbons (Fsp3) is 0.320. The lowest BCUT2D eigenvalue weighted by molar-refractivity contribution is -0.677. The van der Waals surface area contributed by atoms with Crippen LogP contribution in [0.1, 0.15) is 32.1 Å². The van der Waals surface area contributed by atoms with E-state index in [4.69, 9.17) is 37.6 Å². The van der Waals surface area contributed by atoms with Crippen molar-refractivity contribution in [1.82, 2.24) is 0 Å². The van der Waals surface area contributed by atoms with Gasteiger partial charge in [-0.2, -0.15) is 13.0 Å². The standard InChI is InChI=1S/C25H26Cl2N2O8S2/c1-2-17(13-24-28(9-3-11-38-37-36-30)20-15-18(26)5-7-22(20)34-24)14-25-29(10-4-12-39(31,32)33)21-16-19(27)6-8-23(21)35-25/h5-8,13-16H,2-4,9-12H2,1H3,(H-,30,31,32,33)/p+1. The smallest absolute Gasteiger partial charge is 0.374 e. The lowest BCUT2D eigenvalue weighted by Gasteiger charge is -2.18. The largest absolute Gasteiger partial charge is 0.439 e. The summed E-state index contributed by atoms with van der Waals surface area (Å²) in [4.78, 5) is 1.84. The molecule has 2 N–H and O–H groups in total. The van der Waals surface area contributed by atoms with Gasteiger partial charge < -0.3 is 14.1 Å². The molecule has 1 aromatic heterocycles. The van der Waals surface area contributed by atoms with Crippen LogP contribution in [0.2, 0.25) is 10.0 Å². The first kappa shape index (κ1) is 29.7. The maximum atomic E-state index is 11.3. The molecule has 0 spiro atoms. The molecule has 0 amide bonds. The number of oxazole rings is 1. The van der Waals surface area contributed by atoms with Crippen LogP contribution < -0.4 is 14.2 Å². The highest BCUT2D eigenvalue weighted by molar-refractivity contribution is 7.94. The summed E-state index contributed by atoms with van der Waals surface area (Å²) in [6.07, 6.45) is 5.29. The summed E-state index contributed by atoms with van der Waals surface area (Å²) in [6, 6.07) is 10.6. The molecule has 2 heterocycles. The quantitative estimate of drug-likeness (QED) is 0.0564. The molecule has 0 saturated heterocycles. The van der Waals surface area contributed by atoms with Crippen LogP contribution in [-0.2, 0) is 26.0 Å². The Morgan fingerprint density at radius 2 is 1.95 bits per heavy atom. The highest BCUT2D eigenvalue weighted by Crippen LogP contribution is 2.41. The Balaban J connectivity index is 1.67. The average Bonchev–Trinajstić information content (AvgIpc) is 3.39. The van der Waals surface area contributed by atoms with Crippen molar-refractivity contribution in [2.24, 2.45) is 0 Å². The normalized spacial score (nSPS) is 14.8. The zero-order valence-electron chi connectivity index (χ0n) is 20.9. The first-order valence-electron chi connectivity index (χ1n) is 12.0. The molecule has 2 aromatic carbocycles. The zero-order chi connectivity index (χ0) is 28.0. The Labute approximate surface area is 240 Å². The van der Waals surface area contributed by atoms with Gasteiger partial charge in [-0.1, -0.05) is 35.2 Å². The molecule has 0 bridgehead atoms. The molecule has 1 aliphatic rings. The SMILES string of the molecule is CC/C(C=C1Oc2ccc(Cl)cc2N1CCCS(=O)(=O)O)=C\c1oc2ccc(Cl)cc2[n+]1CCCSOOO. The minimum Gasteiger partial charge on any atom is -0.439 e. The predicted octanol–water partition coefficient (Wildman–Crippen LogP) is 6.30. The number of nitrogens with zero attached hydrogens (tertiary/aromatic N) is 2. The average molecular weight is 619 g/mol. The molecule has 0 atom stereocenters. The molecular formula is C25H27Cl2N2O8S2+. The Hall–Kier alpha value is -2.29. The summed E-state index contributed by atoms with van der Waals surface area (Å²) in [7, 11) is -4.10. The van der Waals surface area contributed by atoms with Crippen LogP contribution >= 0.6 is 35.2 Å². The van der Waals surface area contributed by atoms with Crippen molar-refractivity contribution in [2.75, 3.05) is 23.0 Å². The number of aryl methyl sites for hydroxylation is 1. The van der Waals surface area contributed by atoms with Gasteiger partial charge in [-0.15, -0.1) is 4.33 Å². The van der Waals surface area contributed by atoms with E-state index in [1.54, 1.807) is 24.3 Å². The number of hydrogen-bond acceptors (Lipinski definition) is 9. The second kappa shape index (κ2) is 13.4. The van der Waals surface area contributed by atoms with Gasteiger partial charge in [0.1, 0.15) is 0 Å². The highest BCUT2D eigenvalue weighted by atomic mass is 35.5. The van der Waals surface area contributed by atoms with E-state index in [0.29, 0.717) is 64.0 Å². The highest BCUT2D eigenvalue weighted by Gasteiger charge is 2.28. The maximum absolute atomic E-state index is 11.3. The van der Waals surface area contributed by atoms with Crippen LogP contribution in [-0.4, -0.2) is 36.3 Å². The number of hydrogen-bond donors (Lipinski definition) is 2. The number of rotatable bonds is 13. The minimum absolute atomic E-state index is 0.185. The van der Waals surface area contributed by atoms with E-state index >= 15 is 0 Å². The lowest BCUT2D eigenvalue weighted by Crippen LogP contribution is -2.35. The van der Waals surface area contributed by atoms with E-state index in [1.807, 2.05) is 40.7 Å². The van der Waals surface area contributed by atoms with E-state index < -0.39 is 10.1 Å². The summed E-state index contributed by atoms with van der Waals surface area (Å²) in [6.45, 7) is 2.87. The van der Waals surface area contributed by atoms with Gasteiger partial charge in [-0.25, -0.2) is 5.26 Å². The lowest BCUT2D eigenvalue weighted by atomic mass is 10.1. The van der Waals surface area contributed by atoms with Crippen LogP contribution in [0.5, 0.6) is 5.75 Å². The molecule has 0 aliphatic carbocycles. The van der Waals surface area contributed by atoms with Crippen molar-refractivity contribution < 1.29 is 41.3 Å². The fourth-order valence-corrected chi connectivity index (χ4v) is 5.31. The van der Waals surface area contributed by atoms with Crippen LogP contribution in [0.25, 0.3) is 17.2 Å². The number of fused-ring (bicyclic) bond motifs is 2. The topological polar surface area (TPSA) is 123 Å². The van der Waals surface area contributed by atoms with Gasteiger partial charge in [0.05, 0.1) is 17.5 Å². The van der Waals surface area contributed by atoms with E-state index in [1.165, 1.54) is 0 Å². The Morgan fingerprint density at radius 3 is 2.69 bits per heavy atom. The number of aromatic nitrogens is 1. The zero-order valence-corrected chi connectivity index (χ0v) is 24.0. The van der Waals surface area contributed by atoms with E-state index in [2.05, 4.69) is 9.37 Å². The molecule has 0 fully saturated rings. The summed E-state index contributed by atoms with van der Waals surface area (Å²) < 4.78 is 50.5. The van der Waals surface area contributed by atoms with Crippen LogP contribution in [0.15, 0.2) is 58.3 Å². The van der Waals surface area contributed by atoms with Crippen LogP contribution in [0, 0.1) is 0 Å². The van der Waals surface area contributed by atoms with Gasteiger partial charge in [0.25, 0.3) is 15.6 Å². The molecular weight excluding hydrogens is 591 g/mol. The van der Waals surface area contributed by atoms with Crippen molar-refractivity contribution in [3.05, 3.63) is 69.9 Å². The number of anilines is 1. The molecule has 4 rings (SSSR count). The number of allylic oxidation sites excluding steroid dienone is 2. The van der Waals surface area contributed by atoms with E-state index in [0.717, 1.165) is 23.1 Å². The van der Waals surface area contributed by atoms with Crippen molar-refractivity contribution in [3.63, 3.8) is 0 Å². The Morgan fingerprint density at radius 1 is 1.18 bits per heavy atom.